The second-order valence-electron chi connectivity index (χ2n) is 6.01. The first kappa shape index (κ1) is 22.3. The molecule has 2 aromatic heterocycles. The maximum Gasteiger partial charge on any atom is 0.348 e. The van der Waals surface area contributed by atoms with Crippen molar-refractivity contribution in [2.24, 2.45) is 0 Å². The molecule has 0 aliphatic rings. The molecule has 1 amide bonds. The Kier molecular flexibility index (Phi) is 6.81. The number of thiophene rings is 2. The van der Waals surface area contributed by atoms with Gasteiger partial charge in [-0.25, -0.2) is 13.2 Å². The molecule has 0 saturated heterocycles. The van der Waals surface area contributed by atoms with Crippen molar-refractivity contribution in [2.75, 3.05) is 16.6 Å². The molecule has 158 valence electrons. The van der Waals surface area contributed by atoms with Crippen molar-refractivity contribution in [2.45, 2.75) is 18.1 Å². The first-order valence-corrected chi connectivity index (χ1v) is 12.2. The van der Waals surface area contributed by atoms with Gasteiger partial charge >= 0.3 is 5.97 Å². The van der Waals surface area contributed by atoms with Crippen molar-refractivity contribution in [3.63, 3.8) is 0 Å². The van der Waals surface area contributed by atoms with Crippen LogP contribution >= 0.6 is 34.3 Å². The third-order valence-corrected chi connectivity index (χ3v) is 8.07. The van der Waals surface area contributed by atoms with Crippen LogP contribution in [0.2, 0.25) is 4.34 Å². The number of ether oxygens (including phenoxy) is 1. The molecule has 11 heteroatoms. The van der Waals surface area contributed by atoms with Crippen LogP contribution in [-0.4, -0.2) is 26.9 Å². The fraction of sp³-hybridized carbons (Fsp3) is 0.158. The smallest absolute Gasteiger partial charge is 0.348 e. The van der Waals surface area contributed by atoms with E-state index in [-0.39, 0.29) is 22.1 Å². The summed E-state index contributed by atoms with van der Waals surface area (Å²) in [5.74, 6) is -0.975. The van der Waals surface area contributed by atoms with Crippen LogP contribution < -0.4 is 10.0 Å². The van der Waals surface area contributed by atoms with Gasteiger partial charge in [-0.3, -0.25) is 9.52 Å². The number of halogens is 1. The summed E-state index contributed by atoms with van der Waals surface area (Å²) >= 11 is 7.83. The van der Waals surface area contributed by atoms with Crippen LogP contribution in [-0.2, 0) is 14.8 Å². The highest BCUT2D eigenvalue weighted by Gasteiger charge is 2.21. The minimum absolute atomic E-state index is 0.0377. The topological polar surface area (TPSA) is 102 Å². The van der Waals surface area contributed by atoms with Crippen LogP contribution in [0.5, 0.6) is 0 Å². The van der Waals surface area contributed by atoms with Crippen molar-refractivity contribution < 1.29 is 22.7 Å². The normalized spacial score (nSPS) is 11.2. The largest absolute Gasteiger partial charge is 0.462 e. The maximum absolute atomic E-state index is 12.8. The number of sulfonamides is 1. The summed E-state index contributed by atoms with van der Waals surface area (Å²) in [6.45, 7) is 3.71. The van der Waals surface area contributed by atoms with Crippen LogP contribution in [0.15, 0.2) is 46.7 Å². The molecule has 0 fully saturated rings. The first-order valence-electron chi connectivity index (χ1n) is 8.67. The standard InChI is InChI=1S/C19H17ClN2O5S3/c1-3-27-19(24)17-11(2)10-15(29-17)21-18(23)12-6-4-5-7-13(12)22-30(25,26)16-9-8-14(20)28-16/h4-10,22H,3H2,1-2H3,(H,21,23). The highest BCUT2D eigenvalue weighted by atomic mass is 35.5. The minimum atomic E-state index is -3.90. The third-order valence-electron chi connectivity index (χ3n) is 3.84. The van der Waals surface area contributed by atoms with E-state index >= 15 is 0 Å². The molecular formula is C19H17ClN2O5S3. The fourth-order valence-corrected chi connectivity index (χ4v) is 6.05. The lowest BCUT2D eigenvalue weighted by Gasteiger charge is -2.11. The second kappa shape index (κ2) is 9.17. The number of hydrogen-bond donors (Lipinski definition) is 2. The molecule has 0 bridgehead atoms. The fourth-order valence-electron chi connectivity index (χ4n) is 2.53. The van der Waals surface area contributed by atoms with E-state index in [1.165, 1.54) is 24.3 Å². The average molecular weight is 485 g/mol. The Labute approximate surface area is 186 Å². The number of rotatable bonds is 7. The molecule has 0 radical (unpaired) electrons. The molecule has 3 aromatic rings. The van der Waals surface area contributed by atoms with Gasteiger partial charge in [0.25, 0.3) is 15.9 Å². The Morgan fingerprint density at radius 3 is 2.53 bits per heavy atom. The number of benzene rings is 1. The Hall–Kier alpha value is -2.40. The summed E-state index contributed by atoms with van der Waals surface area (Å²) in [5, 5.41) is 3.15. The zero-order chi connectivity index (χ0) is 21.9. The summed E-state index contributed by atoms with van der Waals surface area (Å²) < 4.78 is 33.0. The molecule has 30 heavy (non-hydrogen) atoms. The summed E-state index contributed by atoms with van der Waals surface area (Å²) in [5.41, 5.74) is 0.934. The van der Waals surface area contributed by atoms with Crippen LogP contribution in [0.25, 0.3) is 0 Å². The third kappa shape index (κ3) is 5.01. The number of para-hydroxylation sites is 1. The number of esters is 1. The molecule has 2 heterocycles. The van der Waals surface area contributed by atoms with E-state index in [4.69, 9.17) is 16.3 Å². The van der Waals surface area contributed by atoms with Crippen LogP contribution in [0.1, 0.15) is 32.5 Å². The van der Waals surface area contributed by atoms with Crippen molar-refractivity contribution in [3.8, 4) is 0 Å². The molecule has 1 aromatic carbocycles. The summed E-state index contributed by atoms with van der Waals surface area (Å²) in [6, 6.07) is 10.8. The van der Waals surface area contributed by atoms with Gasteiger partial charge in [-0.2, -0.15) is 0 Å². The van der Waals surface area contributed by atoms with Gasteiger partial charge < -0.3 is 10.1 Å². The van der Waals surface area contributed by atoms with Gasteiger partial charge in [-0.15, -0.1) is 22.7 Å². The van der Waals surface area contributed by atoms with Gasteiger partial charge in [0.1, 0.15) is 9.09 Å². The monoisotopic (exact) mass is 484 g/mol. The molecule has 0 spiro atoms. The Bertz CT molecular complexity index is 1200. The predicted molar refractivity (Wildman–Crippen MR) is 120 cm³/mol. The minimum Gasteiger partial charge on any atom is -0.462 e. The number of carbonyl (C=O) groups excluding carboxylic acids is 2. The lowest BCUT2D eigenvalue weighted by Crippen LogP contribution is -2.17. The van der Waals surface area contributed by atoms with E-state index in [1.807, 2.05) is 0 Å². The van der Waals surface area contributed by atoms with Gasteiger partial charge in [0.2, 0.25) is 0 Å². The predicted octanol–water partition coefficient (Wildman–Crippen LogP) is 5.00. The molecule has 7 nitrogen and oxygen atoms in total. The molecule has 2 N–H and O–H groups in total. The molecule has 0 aliphatic heterocycles. The molecule has 0 unspecified atom stereocenters. The summed E-state index contributed by atoms with van der Waals surface area (Å²) in [7, 11) is -3.90. The molecular weight excluding hydrogens is 468 g/mol. The number of carbonyl (C=O) groups is 2. The number of aryl methyl sites for hydroxylation is 1. The van der Waals surface area contributed by atoms with Crippen molar-refractivity contribution in [1.82, 2.24) is 0 Å². The number of anilines is 2. The SMILES string of the molecule is CCOC(=O)c1sc(NC(=O)c2ccccc2NS(=O)(=O)c2ccc(Cl)s2)cc1C. The van der Waals surface area contributed by atoms with E-state index in [0.29, 0.717) is 19.8 Å². The van der Waals surface area contributed by atoms with E-state index in [9.17, 15) is 18.0 Å². The van der Waals surface area contributed by atoms with Gasteiger partial charge in [-0.05, 0) is 49.7 Å². The van der Waals surface area contributed by atoms with E-state index in [0.717, 1.165) is 22.7 Å². The lowest BCUT2D eigenvalue weighted by atomic mass is 10.1. The molecule has 0 aliphatic carbocycles. The zero-order valence-corrected chi connectivity index (χ0v) is 19.1. The number of amides is 1. The maximum atomic E-state index is 12.8. The van der Waals surface area contributed by atoms with Crippen molar-refractivity contribution >= 4 is 66.9 Å². The average Bonchev–Trinajstić information content (AvgIpc) is 3.28. The van der Waals surface area contributed by atoms with Gasteiger partial charge in [-0.1, -0.05) is 23.7 Å². The number of hydrogen-bond acceptors (Lipinski definition) is 7. The second-order valence-corrected chi connectivity index (χ2v) is 10.7. The van der Waals surface area contributed by atoms with E-state index in [1.54, 1.807) is 32.0 Å². The first-order chi connectivity index (χ1) is 14.2. The highest BCUT2D eigenvalue weighted by Crippen LogP contribution is 2.30. The van der Waals surface area contributed by atoms with Crippen LogP contribution in [0.3, 0.4) is 0 Å². The van der Waals surface area contributed by atoms with E-state index in [2.05, 4.69) is 10.0 Å². The van der Waals surface area contributed by atoms with Gasteiger partial charge in [0.05, 0.1) is 27.2 Å². The van der Waals surface area contributed by atoms with Gasteiger partial charge in [0.15, 0.2) is 0 Å². The zero-order valence-electron chi connectivity index (χ0n) is 15.9. The molecule has 0 saturated carbocycles. The number of nitrogens with one attached hydrogen (secondary N) is 2. The van der Waals surface area contributed by atoms with Crippen LogP contribution in [0.4, 0.5) is 10.7 Å². The Morgan fingerprint density at radius 2 is 1.87 bits per heavy atom. The summed E-state index contributed by atoms with van der Waals surface area (Å²) in [4.78, 5) is 25.2. The van der Waals surface area contributed by atoms with Gasteiger partial charge in [0, 0.05) is 0 Å². The molecule has 3 rings (SSSR count). The molecule has 0 atom stereocenters. The van der Waals surface area contributed by atoms with Crippen molar-refractivity contribution in [1.29, 1.82) is 0 Å². The summed E-state index contributed by atoms with van der Waals surface area (Å²) in [6.07, 6.45) is 0. The van der Waals surface area contributed by atoms with Crippen molar-refractivity contribution in [3.05, 3.63) is 62.8 Å². The quantitative estimate of drug-likeness (QED) is 0.459. The van der Waals surface area contributed by atoms with E-state index < -0.39 is 21.9 Å². The lowest BCUT2D eigenvalue weighted by molar-refractivity contribution is 0.0531. The Morgan fingerprint density at radius 1 is 1.13 bits per heavy atom. The highest BCUT2D eigenvalue weighted by molar-refractivity contribution is 7.94. The van der Waals surface area contributed by atoms with Crippen LogP contribution in [0, 0.1) is 6.92 Å². The Balaban J connectivity index is 1.83.